The van der Waals surface area contributed by atoms with Gasteiger partial charge in [0.2, 0.25) is 0 Å². The zero-order valence-corrected chi connectivity index (χ0v) is 10.7. The van der Waals surface area contributed by atoms with Crippen molar-refractivity contribution in [3.63, 3.8) is 0 Å². The second-order valence-electron chi connectivity index (χ2n) is 3.96. The Kier molecular flexibility index (Phi) is 5.77. The number of esters is 1. The van der Waals surface area contributed by atoms with Crippen LogP contribution in [0.5, 0.6) is 0 Å². The van der Waals surface area contributed by atoms with Gasteiger partial charge < -0.3 is 4.74 Å². The maximum absolute atomic E-state index is 11.5. The van der Waals surface area contributed by atoms with Gasteiger partial charge in [-0.05, 0) is 33.3 Å². The van der Waals surface area contributed by atoms with Crippen LogP contribution in [0.1, 0.15) is 34.1 Å². The molecule has 0 aromatic rings. The first kappa shape index (κ1) is 13.4. The molecule has 0 aliphatic heterocycles. The predicted octanol–water partition coefficient (Wildman–Crippen LogP) is 3.78. The van der Waals surface area contributed by atoms with Crippen LogP contribution in [0.4, 0.5) is 0 Å². The van der Waals surface area contributed by atoms with E-state index in [1.54, 1.807) is 11.1 Å². The van der Waals surface area contributed by atoms with E-state index in [0.29, 0.717) is 5.76 Å². The summed E-state index contributed by atoms with van der Waals surface area (Å²) in [4.78, 5) is 13.1. The summed E-state index contributed by atoms with van der Waals surface area (Å²) in [6.07, 6.45) is 4.62. The normalized spacial score (nSPS) is 13.4. The van der Waals surface area contributed by atoms with Crippen molar-refractivity contribution in [2.45, 2.75) is 34.1 Å². The van der Waals surface area contributed by atoms with Gasteiger partial charge >= 0.3 is 5.97 Å². The molecule has 0 amide bonds. The van der Waals surface area contributed by atoms with Crippen molar-refractivity contribution in [3.05, 3.63) is 22.9 Å². The Bertz CT molecular complexity index is 247. The third kappa shape index (κ3) is 5.22. The molecule has 0 radical (unpaired) electrons. The van der Waals surface area contributed by atoms with Crippen molar-refractivity contribution in [2.75, 3.05) is 0 Å². The largest absolute Gasteiger partial charge is 0.426 e. The third-order valence-electron chi connectivity index (χ3n) is 1.45. The van der Waals surface area contributed by atoms with E-state index in [2.05, 4.69) is 15.9 Å². The van der Waals surface area contributed by atoms with Gasteiger partial charge in [-0.15, -0.1) is 0 Å². The molecule has 0 N–H and O–H groups in total. The fraction of sp³-hybridized carbons (Fsp3) is 0.545. The minimum atomic E-state index is -0.471. The highest BCUT2D eigenvalue weighted by atomic mass is 79.9. The van der Waals surface area contributed by atoms with Gasteiger partial charge in [-0.2, -0.15) is 0 Å². The monoisotopic (exact) mass is 260 g/mol. The summed E-state index contributed by atoms with van der Waals surface area (Å²) in [7, 11) is 0. The number of halogens is 1. The van der Waals surface area contributed by atoms with Gasteiger partial charge in [0.05, 0.1) is 5.41 Å². The van der Waals surface area contributed by atoms with E-state index in [4.69, 9.17) is 4.74 Å². The van der Waals surface area contributed by atoms with Crippen LogP contribution in [0.3, 0.4) is 0 Å². The van der Waals surface area contributed by atoms with E-state index in [9.17, 15) is 4.79 Å². The number of ether oxygens (including phenoxy) is 1. The maximum atomic E-state index is 11.5. The molecular weight excluding hydrogens is 244 g/mol. The number of hydrogen-bond acceptors (Lipinski definition) is 2. The topological polar surface area (TPSA) is 26.3 Å². The average Bonchev–Trinajstić information content (AvgIpc) is 2.10. The smallest absolute Gasteiger partial charge is 0.316 e. The van der Waals surface area contributed by atoms with Crippen molar-refractivity contribution in [2.24, 2.45) is 5.41 Å². The van der Waals surface area contributed by atoms with Gasteiger partial charge in [0.15, 0.2) is 0 Å². The highest BCUT2D eigenvalue weighted by Crippen LogP contribution is 2.18. The second-order valence-corrected chi connectivity index (χ2v) is 4.42. The maximum Gasteiger partial charge on any atom is 0.316 e. The highest BCUT2D eigenvalue weighted by Gasteiger charge is 2.23. The number of rotatable bonds is 3. The predicted molar refractivity (Wildman–Crippen MR) is 62.0 cm³/mol. The number of carbonyl (C=O) groups excluding carboxylic acids is 1. The molecule has 0 atom stereocenters. The first-order valence-electron chi connectivity index (χ1n) is 4.61. The standard InChI is InChI=1S/C11H17BrO2/c1-5-6-7-9(8-12)14-10(13)11(2,3)4/h6-8H,5H2,1-4H3/b7-6+,9-8+. The van der Waals surface area contributed by atoms with Crippen LogP contribution in [0.25, 0.3) is 0 Å². The van der Waals surface area contributed by atoms with Crippen LogP contribution in [-0.4, -0.2) is 5.97 Å². The van der Waals surface area contributed by atoms with Crippen LogP contribution >= 0.6 is 15.9 Å². The fourth-order valence-corrected chi connectivity index (χ4v) is 0.833. The van der Waals surface area contributed by atoms with E-state index in [1.165, 1.54) is 0 Å². The minimum absolute atomic E-state index is 0.232. The minimum Gasteiger partial charge on any atom is -0.426 e. The average molecular weight is 261 g/mol. The van der Waals surface area contributed by atoms with Crippen LogP contribution in [0.15, 0.2) is 22.9 Å². The lowest BCUT2D eigenvalue weighted by Crippen LogP contribution is -2.22. The van der Waals surface area contributed by atoms with E-state index in [1.807, 2.05) is 33.8 Å². The van der Waals surface area contributed by atoms with Gasteiger partial charge in [-0.3, -0.25) is 4.79 Å². The van der Waals surface area contributed by atoms with Crippen LogP contribution < -0.4 is 0 Å². The molecular formula is C11H17BrO2. The molecule has 0 saturated carbocycles. The van der Waals surface area contributed by atoms with Gasteiger partial charge in [0.1, 0.15) is 5.76 Å². The van der Waals surface area contributed by atoms with Crippen molar-refractivity contribution >= 4 is 21.9 Å². The molecule has 0 heterocycles. The van der Waals surface area contributed by atoms with E-state index in [-0.39, 0.29) is 5.97 Å². The molecule has 0 aliphatic carbocycles. The molecule has 0 aliphatic rings. The van der Waals surface area contributed by atoms with Gasteiger partial charge in [0.25, 0.3) is 0 Å². The van der Waals surface area contributed by atoms with Crippen molar-refractivity contribution < 1.29 is 9.53 Å². The first-order chi connectivity index (χ1) is 6.41. The van der Waals surface area contributed by atoms with Gasteiger partial charge in [-0.1, -0.05) is 28.9 Å². The molecule has 0 unspecified atom stereocenters. The Morgan fingerprint density at radius 1 is 1.43 bits per heavy atom. The molecule has 0 saturated heterocycles. The molecule has 3 heteroatoms. The molecule has 80 valence electrons. The quantitative estimate of drug-likeness (QED) is 0.439. The molecule has 0 fully saturated rings. The summed E-state index contributed by atoms with van der Waals surface area (Å²) in [5, 5.41) is 0. The van der Waals surface area contributed by atoms with Crippen molar-refractivity contribution in [1.82, 2.24) is 0 Å². The van der Waals surface area contributed by atoms with E-state index >= 15 is 0 Å². The van der Waals surface area contributed by atoms with Crippen LogP contribution in [0.2, 0.25) is 0 Å². The highest BCUT2D eigenvalue weighted by molar-refractivity contribution is 9.11. The Morgan fingerprint density at radius 3 is 2.36 bits per heavy atom. The van der Waals surface area contributed by atoms with E-state index < -0.39 is 5.41 Å². The summed E-state index contributed by atoms with van der Waals surface area (Å²) in [6.45, 7) is 7.49. The second kappa shape index (κ2) is 6.02. The molecule has 2 nitrogen and oxygen atoms in total. The van der Waals surface area contributed by atoms with Crippen LogP contribution in [0, 0.1) is 5.41 Å². The molecule has 0 aromatic carbocycles. The lowest BCUT2D eigenvalue weighted by Gasteiger charge is -2.16. The summed E-state index contributed by atoms with van der Waals surface area (Å²) < 4.78 is 5.15. The Hall–Kier alpha value is -0.570. The fourth-order valence-electron chi connectivity index (χ4n) is 0.587. The first-order valence-corrected chi connectivity index (χ1v) is 5.52. The zero-order valence-electron chi connectivity index (χ0n) is 9.13. The number of carbonyl (C=O) groups is 1. The Labute approximate surface area is 94.2 Å². The Balaban J connectivity index is 4.36. The number of hydrogen-bond donors (Lipinski definition) is 0. The molecule has 0 rings (SSSR count). The van der Waals surface area contributed by atoms with Crippen molar-refractivity contribution in [3.8, 4) is 0 Å². The lowest BCUT2D eigenvalue weighted by molar-refractivity contribution is -0.147. The zero-order chi connectivity index (χ0) is 11.2. The third-order valence-corrected chi connectivity index (χ3v) is 1.90. The summed E-state index contributed by atoms with van der Waals surface area (Å²) in [5.41, 5.74) is -0.471. The SMILES string of the molecule is CC/C=C/C(=C\Br)OC(=O)C(C)(C)C. The van der Waals surface area contributed by atoms with Crippen LogP contribution in [-0.2, 0) is 9.53 Å². The number of allylic oxidation sites excluding steroid dienone is 2. The molecule has 0 spiro atoms. The van der Waals surface area contributed by atoms with E-state index in [0.717, 1.165) is 6.42 Å². The lowest BCUT2D eigenvalue weighted by atomic mass is 9.97. The summed E-state index contributed by atoms with van der Waals surface area (Å²) in [5.74, 6) is 0.302. The van der Waals surface area contributed by atoms with Gasteiger partial charge in [0, 0.05) is 4.99 Å². The molecule has 14 heavy (non-hydrogen) atoms. The van der Waals surface area contributed by atoms with Gasteiger partial charge in [-0.25, -0.2) is 0 Å². The molecule has 0 bridgehead atoms. The van der Waals surface area contributed by atoms with Crippen molar-refractivity contribution in [1.29, 1.82) is 0 Å². The summed E-state index contributed by atoms with van der Waals surface area (Å²) >= 11 is 3.15. The Morgan fingerprint density at radius 2 is 2.00 bits per heavy atom. The molecule has 0 aromatic heterocycles. The summed E-state index contributed by atoms with van der Waals surface area (Å²) in [6, 6.07) is 0.